The summed E-state index contributed by atoms with van der Waals surface area (Å²) in [5.41, 5.74) is -0.350. The van der Waals surface area contributed by atoms with Crippen LogP contribution in [0.2, 0.25) is 0 Å². The van der Waals surface area contributed by atoms with Crippen molar-refractivity contribution in [3.8, 4) is 0 Å². The van der Waals surface area contributed by atoms with Gasteiger partial charge in [0.1, 0.15) is 0 Å². The van der Waals surface area contributed by atoms with Crippen LogP contribution in [-0.2, 0) is 4.79 Å². The van der Waals surface area contributed by atoms with Gasteiger partial charge in [-0.25, -0.2) is 0 Å². The third-order valence-electron chi connectivity index (χ3n) is 4.78. The molecule has 1 saturated carbocycles. The minimum Gasteiger partial charge on any atom is -0.323 e. The molecular formula is C16H30N2O. The molecule has 1 heterocycles. The molecule has 3 unspecified atom stereocenters. The van der Waals surface area contributed by atoms with Crippen molar-refractivity contribution < 1.29 is 4.79 Å². The first kappa shape index (κ1) is 14.8. The Bertz CT molecular complexity index is 338. The van der Waals surface area contributed by atoms with Crippen LogP contribution < -0.4 is 5.32 Å². The van der Waals surface area contributed by atoms with Crippen molar-refractivity contribution in [1.29, 1.82) is 0 Å². The first-order chi connectivity index (χ1) is 8.87. The predicted octanol–water partition coefficient (Wildman–Crippen LogP) is 3.15. The number of nitrogens with one attached hydrogen (secondary N) is 1. The van der Waals surface area contributed by atoms with Gasteiger partial charge in [0, 0.05) is 6.04 Å². The molecule has 3 heteroatoms. The fourth-order valence-corrected chi connectivity index (χ4v) is 3.25. The summed E-state index contributed by atoms with van der Waals surface area (Å²) >= 11 is 0. The van der Waals surface area contributed by atoms with Gasteiger partial charge in [0.25, 0.3) is 0 Å². The lowest BCUT2D eigenvalue weighted by atomic mass is 9.98. The fraction of sp³-hybridized carbons (Fsp3) is 0.938. The van der Waals surface area contributed by atoms with E-state index >= 15 is 0 Å². The Morgan fingerprint density at radius 3 is 2.42 bits per heavy atom. The average molecular weight is 266 g/mol. The van der Waals surface area contributed by atoms with Crippen LogP contribution in [0, 0.1) is 11.8 Å². The van der Waals surface area contributed by atoms with Crippen LogP contribution in [0.5, 0.6) is 0 Å². The van der Waals surface area contributed by atoms with Gasteiger partial charge in [-0.1, -0.05) is 33.6 Å². The lowest BCUT2D eigenvalue weighted by Crippen LogP contribution is -2.44. The van der Waals surface area contributed by atoms with Gasteiger partial charge in [0.2, 0.25) is 5.91 Å². The van der Waals surface area contributed by atoms with E-state index in [-0.39, 0.29) is 11.7 Å². The second-order valence-corrected chi connectivity index (χ2v) is 7.22. The van der Waals surface area contributed by atoms with Crippen LogP contribution in [0.15, 0.2) is 0 Å². The molecule has 0 aromatic rings. The molecule has 19 heavy (non-hydrogen) atoms. The minimum atomic E-state index is -0.350. The molecule has 3 atom stereocenters. The Labute approximate surface area is 118 Å². The molecular weight excluding hydrogens is 236 g/mol. The van der Waals surface area contributed by atoms with E-state index < -0.39 is 0 Å². The molecule has 2 aliphatic rings. The number of amides is 1. The number of carbonyl (C=O) groups is 1. The fourth-order valence-electron chi connectivity index (χ4n) is 3.25. The number of nitrogens with zero attached hydrogens (tertiary/aromatic N) is 1. The summed E-state index contributed by atoms with van der Waals surface area (Å²) < 4.78 is 0. The van der Waals surface area contributed by atoms with Crippen molar-refractivity contribution in [3.05, 3.63) is 0 Å². The van der Waals surface area contributed by atoms with E-state index in [1.165, 1.54) is 19.3 Å². The zero-order chi connectivity index (χ0) is 14.2. The van der Waals surface area contributed by atoms with E-state index in [9.17, 15) is 4.79 Å². The van der Waals surface area contributed by atoms with Crippen LogP contribution in [0.4, 0.5) is 0 Å². The monoisotopic (exact) mass is 266 g/mol. The zero-order valence-corrected chi connectivity index (χ0v) is 13.2. The lowest BCUT2D eigenvalue weighted by molar-refractivity contribution is -0.135. The highest BCUT2D eigenvalue weighted by molar-refractivity contribution is 5.88. The summed E-state index contributed by atoms with van der Waals surface area (Å²) in [5.74, 6) is 1.80. The maximum atomic E-state index is 12.8. The van der Waals surface area contributed by atoms with Crippen LogP contribution in [0.1, 0.15) is 66.7 Å². The zero-order valence-electron chi connectivity index (χ0n) is 13.2. The van der Waals surface area contributed by atoms with Crippen molar-refractivity contribution in [1.82, 2.24) is 10.2 Å². The van der Waals surface area contributed by atoms with Gasteiger partial charge in [-0.05, 0) is 44.9 Å². The topological polar surface area (TPSA) is 32.3 Å². The summed E-state index contributed by atoms with van der Waals surface area (Å²) in [4.78, 5) is 14.9. The van der Waals surface area contributed by atoms with E-state index in [1.807, 2.05) is 0 Å². The average Bonchev–Trinajstić information content (AvgIpc) is 3.07. The summed E-state index contributed by atoms with van der Waals surface area (Å²) in [6, 6.07) is 0.379. The summed E-state index contributed by atoms with van der Waals surface area (Å²) in [6.45, 7) is 10.9. The molecule has 0 radical (unpaired) electrons. The minimum absolute atomic E-state index is 0.228. The van der Waals surface area contributed by atoms with E-state index in [1.54, 1.807) is 0 Å². The second-order valence-electron chi connectivity index (χ2n) is 7.22. The quantitative estimate of drug-likeness (QED) is 0.801. The Kier molecular flexibility index (Phi) is 4.24. The molecule has 0 spiro atoms. The van der Waals surface area contributed by atoms with E-state index in [4.69, 9.17) is 0 Å². The Hall–Kier alpha value is -0.570. The molecule has 2 rings (SSSR count). The second kappa shape index (κ2) is 5.43. The van der Waals surface area contributed by atoms with E-state index in [0.29, 0.717) is 17.9 Å². The Morgan fingerprint density at radius 1 is 1.32 bits per heavy atom. The molecule has 0 aromatic heterocycles. The van der Waals surface area contributed by atoms with Crippen molar-refractivity contribution in [2.75, 3.05) is 0 Å². The van der Waals surface area contributed by atoms with Crippen molar-refractivity contribution in [2.24, 2.45) is 11.8 Å². The Morgan fingerprint density at radius 2 is 1.95 bits per heavy atom. The lowest BCUT2D eigenvalue weighted by Gasteiger charge is -2.31. The molecule has 1 N–H and O–H groups in total. The van der Waals surface area contributed by atoms with Gasteiger partial charge >= 0.3 is 0 Å². The molecule has 1 amide bonds. The van der Waals surface area contributed by atoms with Gasteiger partial charge in [-0.15, -0.1) is 0 Å². The van der Waals surface area contributed by atoms with Gasteiger partial charge in [0.05, 0.1) is 11.7 Å². The summed E-state index contributed by atoms with van der Waals surface area (Å²) in [6.07, 6.45) is 6.05. The highest BCUT2D eigenvalue weighted by atomic mass is 16.2. The molecule has 3 nitrogen and oxygen atoms in total. The molecule has 1 saturated heterocycles. The Balaban J connectivity index is 2.11. The van der Waals surface area contributed by atoms with Crippen molar-refractivity contribution >= 4 is 5.91 Å². The molecule has 0 bridgehead atoms. The number of rotatable bonds is 6. The highest BCUT2D eigenvalue weighted by Gasteiger charge is 2.48. The largest absolute Gasteiger partial charge is 0.323 e. The van der Waals surface area contributed by atoms with Gasteiger partial charge in [-0.3, -0.25) is 10.1 Å². The molecule has 1 aliphatic heterocycles. The normalized spacial score (nSPS) is 33.3. The highest BCUT2D eigenvalue weighted by Crippen LogP contribution is 2.37. The summed E-state index contributed by atoms with van der Waals surface area (Å²) in [7, 11) is 0. The van der Waals surface area contributed by atoms with Crippen LogP contribution in [0.3, 0.4) is 0 Å². The molecule has 1 aliphatic carbocycles. The number of carbonyl (C=O) groups excluding carboxylic acids is 1. The maximum absolute atomic E-state index is 12.8. The SMILES string of the molecule is CCC1(C)NC(CC(C)C)N(C(C)CC2CC2)C1=O. The van der Waals surface area contributed by atoms with E-state index in [0.717, 1.165) is 18.8 Å². The third-order valence-corrected chi connectivity index (χ3v) is 4.78. The first-order valence-corrected chi connectivity index (χ1v) is 7.98. The van der Waals surface area contributed by atoms with Crippen molar-refractivity contribution in [2.45, 2.75) is 84.5 Å². The molecule has 2 fully saturated rings. The van der Waals surface area contributed by atoms with Crippen LogP contribution >= 0.6 is 0 Å². The van der Waals surface area contributed by atoms with Crippen LogP contribution in [-0.4, -0.2) is 28.6 Å². The van der Waals surface area contributed by atoms with E-state index in [2.05, 4.69) is 44.8 Å². The first-order valence-electron chi connectivity index (χ1n) is 7.98. The predicted molar refractivity (Wildman–Crippen MR) is 78.7 cm³/mol. The van der Waals surface area contributed by atoms with Gasteiger partial charge in [0.15, 0.2) is 0 Å². The standard InChI is InChI=1S/C16H30N2O/c1-6-16(5)15(19)18(12(4)10-13-7-8-13)14(17-16)9-11(2)3/h11-14,17H,6-10H2,1-5H3. The van der Waals surface area contributed by atoms with Gasteiger partial charge in [-0.2, -0.15) is 0 Å². The molecule has 0 aromatic carbocycles. The van der Waals surface area contributed by atoms with Gasteiger partial charge < -0.3 is 4.90 Å². The maximum Gasteiger partial charge on any atom is 0.244 e. The third kappa shape index (κ3) is 3.13. The number of hydrogen-bond acceptors (Lipinski definition) is 2. The smallest absolute Gasteiger partial charge is 0.244 e. The van der Waals surface area contributed by atoms with Crippen molar-refractivity contribution in [3.63, 3.8) is 0 Å². The molecule has 110 valence electrons. The number of hydrogen-bond donors (Lipinski definition) is 1. The summed E-state index contributed by atoms with van der Waals surface area (Å²) in [5, 5.41) is 3.60. The van der Waals surface area contributed by atoms with Crippen LogP contribution in [0.25, 0.3) is 0 Å².